The summed E-state index contributed by atoms with van der Waals surface area (Å²) in [6.07, 6.45) is -0.732. The number of nitrogens with one attached hydrogen (secondary N) is 1. The SMILES string of the molecule is CC(C)COC(=O)Nc1ccc(/C(N)=N/O)cc1F. The molecule has 0 heterocycles. The maximum Gasteiger partial charge on any atom is 0.411 e. The first-order valence-electron chi connectivity index (χ1n) is 5.65. The molecule has 0 atom stereocenters. The summed E-state index contributed by atoms with van der Waals surface area (Å²) >= 11 is 0. The molecule has 0 aliphatic rings. The minimum Gasteiger partial charge on any atom is -0.449 e. The predicted molar refractivity (Wildman–Crippen MR) is 68.7 cm³/mol. The normalized spacial score (nSPS) is 11.5. The van der Waals surface area contributed by atoms with E-state index in [9.17, 15) is 9.18 Å². The molecule has 0 aromatic heterocycles. The molecule has 0 saturated carbocycles. The number of hydrogen-bond donors (Lipinski definition) is 3. The van der Waals surface area contributed by atoms with Crippen molar-refractivity contribution in [3.63, 3.8) is 0 Å². The van der Waals surface area contributed by atoms with Gasteiger partial charge in [0.2, 0.25) is 0 Å². The number of nitrogens with two attached hydrogens (primary N) is 1. The molecule has 0 saturated heterocycles. The average molecular weight is 269 g/mol. The molecule has 0 radical (unpaired) electrons. The van der Waals surface area contributed by atoms with E-state index in [-0.39, 0.29) is 29.6 Å². The second-order valence-corrected chi connectivity index (χ2v) is 4.30. The number of carbonyl (C=O) groups is 1. The Balaban J connectivity index is 2.72. The van der Waals surface area contributed by atoms with Crippen LogP contribution in [-0.2, 0) is 4.74 Å². The van der Waals surface area contributed by atoms with Crippen LogP contribution in [0.25, 0.3) is 0 Å². The fourth-order valence-corrected chi connectivity index (χ4v) is 1.22. The van der Waals surface area contributed by atoms with E-state index < -0.39 is 11.9 Å². The highest BCUT2D eigenvalue weighted by Crippen LogP contribution is 2.16. The second-order valence-electron chi connectivity index (χ2n) is 4.30. The molecule has 1 amide bonds. The van der Waals surface area contributed by atoms with Crippen molar-refractivity contribution in [3.05, 3.63) is 29.6 Å². The Bertz CT molecular complexity index is 489. The lowest BCUT2D eigenvalue weighted by molar-refractivity contribution is 0.147. The van der Waals surface area contributed by atoms with Crippen LogP contribution in [0.5, 0.6) is 0 Å². The predicted octanol–water partition coefficient (Wildman–Crippen LogP) is 2.12. The van der Waals surface area contributed by atoms with Crippen LogP contribution in [0.4, 0.5) is 14.9 Å². The molecule has 0 spiro atoms. The monoisotopic (exact) mass is 269 g/mol. The van der Waals surface area contributed by atoms with Crippen LogP contribution >= 0.6 is 0 Å². The minimum atomic E-state index is -0.732. The topological polar surface area (TPSA) is 96.9 Å². The molecule has 4 N–H and O–H groups in total. The number of ether oxygens (including phenoxy) is 1. The molecule has 19 heavy (non-hydrogen) atoms. The quantitative estimate of drug-likeness (QED) is 0.337. The van der Waals surface area contributed by atoms with Gasteiger partial charge in [-0.1, -0.05) is 19.0 Å². The van der Waals surface area contributed by atoms with Crippen LogP contribution in [-0.4, -0.2) is 23.7 Å². The summed E-state index contributed by atoms with van der Waals surface area (Å²) in [5.41, 5.74) is 5.49. The molecule has 104 valence electrons. The zero-order chi connectivity index (χ0) is 14.4. The second kappa shape index (κ2) is 6.58. The lowest BCUT2D eigenvalue weighted by Gasteiger charge is -2.10. The molecule has 0 unspecified atom stereocenters. The lowest BCUT2D eigenvalue weighted by atomic mass is 10.2. The third-order valence-corrected chi connectivity index (χ3v) is 2.16. The largest absolute Gasteiger partial charge is 0.449 e. The third kappa shape index (κ3) is 4.46. The van der Waals surface area contributed by atoms with Crippen LogP contribution in [0.15, 0.2) is 23.4 Å². The van der Waals surface area contributed by atoms with Gasteiger partial charge in [-0.15, -0.1) is 0 Å². The Morgan fingerprint density at radius 3 is 2.79 bits per heavy atom. The van der Waals surface area contributed by atoms with Crippen molar-refractivity contribution in [3.8, 4) is 0 Å². The Hall–Kier alpha value is -2.31. The fraction of sp³-hybridized carbons (Fsp3) is 0.333. The van der Waals surface area contributed by atoms with Crippen molar-refractivity contribution in [1.29, 1.82) is 0 Å². The molecular weight excluding hydrogens is 253 g/mol. The van der Waals surface area contributed by atoms with Crippen LogP contribution in [0.1, 0.15) is 19.4 Å². The number of carbonyl (C=O) groups excluding carboxylic acids is 1. The van der Waals surface area contributed by atoms with E-state index >= 15 is 0 Å². The molecule has 7 heteroatoms. The number of benzene rings is 1. The van der Waals surface area contributed by atoms with Gasteiger partial charge in [0.25, 0.3) is 0 Å². The number of hydrogen-bond acceptors (Lipinski definition) is 4. The molecule has 1 aromatic rings. The zero-order valence-electron chi connectivity index (χ0n) is 10.7. The summed E-state index contributed by atoms with van der Waals surface area (Å²) in [6.45, 7) is 4.02. The van der Waals surface area contributed by atoms with Crippen molar-refractivity contribution in [2.45, 2.75) is 13.8 Å². The number of anilines is 1. The van der Waals surface area contributed by atoms with Crippen molar-refractivity contribution in [2.24, 2.45) is 16.8 Å². The van der Waals surface area contributed by atoms with Gasteiger partial charge in [0.05, 0.1) is 12.3 Å². The van der Waals surface area contributed by atoms with E-state index in [2.05, 4.69) is 10.5 Å². The van der Waals surface area contributed by atoms with Crippen LogP contribution in [0, 0.1) is 11.7 Å². The first-order chi connectivity index (χ1) is 8.93. The minimum absolute atomic E-state index is 0.0387. The van der Waals surface area contributed by atoms with Crippen molar-refractivity contribution in [1.82, 2.24) is 0 Å². The first-order valence-corrected chi connectivity index (χ1v) is 5.65. The highest BCUT2D eigenvalue weighted by Gasteiger charge is 2.10. The molecule has 0 aliphatic heterocycles. The molecule has 6 nitrogen and oxygen atoms in total. The molecule has 0 aliphatic carbocycles. The van der Waals surface area contributed by atoms with E-state index in [1.165, 1.54) is 12.1 Å². The number of oxime groups is 1. The number of halogens is 1. The fourth-order valence-electron chi connectivity index (χ4n) is 1.22. The van der Waals surface area contributed by atoms with Crippen molar-refractivity contribution in [2.75, 3.05) is 11.9 Å². The first kappa shape index (κ1) is 14.7. The molecule has 0 bridgehead atoms. The van der Waals surface area contributed by atoms with Gasteiger partial charge in [0.15, 0.2) is 5.84 Å². The summed E-state index contributed by atoms with van der Waals surface area (Å²) in [4.78, 5) is 11.4. The van der Waals surface area contributed by atoms with Gasteiger partial charge in [0.1, 0.15) is 5.82 Å². The third-order valence-electron chi connectivity index (χ3n) is 2.16. The van der Waals surface area contributed by atoms with Gasteiger partial charge in [-0.3, -0.25) is 5.32 Å². The van der Waals surface area contributed by atoms with E-state index in [0.29, 0.717) is 0 Å². The summed E-state index contributed by atoms with van der Waals surface area (Å²) in [7, 11) is 0. The Labute approximate surface area is 110 Å². The number of amides is 1. The highest BCUT2D eigenvalue weighted by molar-refractivity contribution is 5.97. The summed E-state index contributed by atoms with van der Waals surface area (Å²) < 4.78 is 18.5. The lowest BCUT2D eigenvalue weighted by Crippen LogP contribution is -2.18. The number of nitrogens with zero attached hydrogens (tertiary/aromatic N) is 1. The standard InChI is InChI=1S/C12H16FN3O3/c1-7(2)6-19-12(17)15-10-4-3-8(5-9(10)13)11(14)16-18/h3-5,7,18H,6H2,1-2H3,(H2,14,16)(H,15,17). The maximum atomic E-state index is 13.6. The maximum absolute atomic E-state index is 13.6. The van der Waals surface area contributed by atoms with Crippen LogP contribution in [0.2, 0.25) is 0 Å². The molecule has 1 aromatic carbocycles. The Kier molecular flexibility index (Phi) is 5.11. The van der Waals surface area contributed by atoms with E-state index in [1.807, 2.05) is 13.8 Å². The molecular formula is C12H16FN3O3. The Morgan fingerprint density at radius 1 is 1.58 bits per heavy atom. The number of rotatable bonds is 4. The summed E-state index contributed by atoms with van der Waals surface area (Å²) in [5.74, 6) is -0.725. The highest BCUT2D eigenvalue weighted by atomic mass is 19.1. The summed E-state index contributed by atoms with van der Waals surface area (Å²) in [6, 6.07) is 3.77. The Morgan fingerprint density at radius 2 is 2.26 bits per heavy atom. The van der Waals surface area contributed by atoms with Crippen LogP contribution < -0.4 is 11.1 Å². The molecule has 1 rings (SSSR count). The van der Waals surface area contributed by atoms with Gasteiger partial charge in [-0.2, -0.15) is 0 Å². The van der Waals surface area contributed by atoms with Gasteiger partial charge in [-0.25, -0.2) is 9.18 Å². The van der Waals surface area contributed by atoms with E-state index in [0.717, 1.165) is 6.07 Å². The number of amidine groups is 1. The average Bonchev–Trinajstić information content (AvgIpc) is 2.37. The van der Waals surface area contributed by atoms with Crippen LogP contribution in [0.3, 0.4) is 0 Å². The van der Waals surface area contributed by atoms with Gasteiger partial charge >= 0.3 is 6.09 Å². The van der Waals surface area contributed by atoms with Crippen molar-refractivity contribution < 1.29 is 19.1 Å². The van der Waals surface area contributed by atoms with Gasteiger partial charge in [0, 0.05) is 5.56 Å². The molecule has 0 fully saturated rings. The smallest absolute Gasteiger partial charge is 0.411 e. The van der Waals surface area contributed by atoms with Crippen molar-refractivity contribution >= 4 is 17.6 Å². The summed E-state index contributed by atoms with van der Waals surface area (Å²) in [5, 5.41) is 13.5. The van der Waals surface area contributed by atoms with E-state index in [1.54, 1.807) is 0 Å². The van der Waals surface area contributed by atoms with Gasteiger partial charge in [-0.05, 0) is 24.1 Å². The zero-order valence-corrected chi connectivity index (χ0v) is 10.7. The van der Waals surface area contributed by atoms with E-state index in [4.69, 9.17) is 15.7 Å². The van der Waals surface area contributed by atoms with Gasteiger partial charge < -0.3 is 15.7 Å².